The number of aromatic nitrogens is 1. The third kappa shape index (κ3) is 3.40. The molecule has 0 unspecified atom stereocenters. The average molecular weight is 377 g/mol. The summed E-state index contributed by atoms with van der Waals surface area (Å²) in [5, 5.41) is 0. The number of halogens is 4. The van der Waals surface area contributed by atoms with Crippen LogP contribution in [0.4, 0.5) is 17.6 Å². The Hall–Kier alpha value is -3.21. The van der Waals surface area contributed by atoms with Crippen LogP contribution in [0.25, 0.3) is 0 Å². The van der Waals surface area contributed by atoms with Gasteiger partial charge in [0.2, 0.25) is 17.4 Å². The molecule has 0 N–H and O–H groups in total. The summed E-state index contributed by atoms with van der Waals surface area (Å²) in [6, 6.07) is 5.03. The van der Waals surface area contributed by atoms with E-state index in [1.165, 1.54) is 26.0 Å². The number of benzene rings is 1. The third-order valence-electron chi connectivity index (χ3n) is 3.84. The molecule has 0 amide bonds. The standard InChI is InChI=1S/C19H11F4NO3/c1-18(2)16(26)15(25)12-9-7-10(24-17(12)27-18)6-8-11-13(19(21,22)23)4-3-5-14(11)20/h3-5,7,9H,1-2H3. The summed E-state index contributed by atoms with van der Waals surface area (Å²) in [4.78, 5) is 27.9. The van der Waals surface area contributed by atoms with Gasteiger partial charge in [-0.15, -0.1) is 0 Å². The van der Waals surface area contributed by atoms with Gasteiger partial charge in [0.1, 0.15) is 11.5 Å². The molecule has 0 aliphatic carbocycles. The minimum atomic E-state index is -4.77. The molecule has 2 aromatic rings. The SMILES string of the molecule is CC1(C)Oc2nc(C#Cc3c(F)cccc3C(F)(F)F)ccc2C(=O)C1=O. The van der Waals surface area contributed by atoms with Gasteiger partial charge in [-0.05, 0) is 44.0 Å². The Labute approximate surface area is 151 Å². The predicted octanol–water partition coefficient (Wildman–Crippen LogP) is 3.56. The second-order valence-electron chi connectivity index (χ2n) is 6.23. The molecule has 1 aromatic carbocycles. The van der Waals surface area contributed by atoms with Gasteiger partial charge in [-0.25, -0.2) is 9.37 Å². The van der Waals surface area contributed by atoms with Gasteiger partial charge in [-0.2, -0.15) is 13.2 Å². The Morgan fingerprint density at radius 1 is 1.07 bits per heavy atom. The van der Waals surface area contributed by atoms with Crippen LogP contribution >= 0.6 is 0 Å². The van der Waals surface area contributed by atoms with E-state index in [0.29, 0.717) is 0 Å². The first-order chi connectivity index (χ1) is 12.5. The lowest BCUT2D eigenvalue weighted by Gasteiger charge is -2.28. The van der Waals surface area contributed by atoms with E-state index in [-0.39, 0.29) is 17.1 Å². The van der Waals surface area contributed by atoms with Crippen molar-refractivity contribution in [3.05, 3.63) is 58.5 Å². The van der Waals surface area contributed by atoms with Gasteiger partial charge in [0.05, 0.1) is 16.7 Å². The molecule has 1 aliphatic rings. The summed E-state index contributed by atoms with van der Waals surface area (Å²) in [7, 11) is 0. The summed E-state index contributed by atoms with van der Waals surface area (Å²) in [5.74, 6) is 1.69. The number of carbonyl (C=O) groups is 2. The van der Waals surface area contributed by atoms with Crippen LogP contribution in [0.5, 0.6) is 5.88 Å². The lowest BCUT2D eigenvalue weighted by Crippen LogP contribution is -2.46. The number of nitrogens with zero attached hydrogens (tertiary/aromatic N) is 1. The lowest BCUT2D eigenvalue weighted by molar-refractivity contribution is -0.138. The van der Waals surface area contributed by atoms with E-state index in [4.69, 9.17) is 4.74 Å². The van der Waals surface area contributed by atoms with Gasteiger partial charge in [0.25, 0.3) is 0 Å². The van der Waals surface area contributed by atoms with Crippen LogP contribution in [-0.2, 0) is 11.0 Å². The molecule has 1 aliphatic heterocycles. The molecule has 138 valence electrons. The van der Waals surface area contributed by atoms with Crippen LogP contribution in [0.2, 0.25) is 0 Å². The van der Waals surface area contributed by atoms with Gasteiger partial charge in [-0.1, -0.05) is 12.0 Å². The molecule has 0 saturated heterocycles. The molecule has 0 bridgehead atoms. The number of hydrogen-bond acceptors (Lipinski definition) is 4. The summed E-state index contributed by atoms with van der Waals surface area (Å²) in [6.07, 6.45) is -4.77. The van der Waals surface area contributed by atoms with Crippen LogP contribution in [0, 0.1) is 17.7 Å². The second kappa shape index (κ2) is 6.20. The van der Waals surface area contributed by atoms with Crippen LogP contribution in [-0.4, -0.2) is 22.2 Å². The van der Waals surface area contributed by atoms with Crippen LogP contribution in [0.1, 0.15) is 41.0 Å². The number of fused-ring (bicyclic) bond motifs is 1. The van der Waals surface area contributed by atoms with Crippen molar-refractivity contribution in [2.75, 3.05) is 0 Å². The highest BCUT2D eigenvalue weighted by atomic mass is 19.4. The molecular formula is C19H11F4NO3. The van der Waals surface area contributed by atoms with Crippen molar-refractivity contribution in [3.8, 4) is 17.7 Å². The van der Waals surface area contributed by atoms with E-state index in [2.05, 4.69) is 16.8 Å². The topological polar surface area (TPSA) is 56.3 Å². The van der Waals surface area contributed by atoms with Crippen molar-refractivity contribution < 1.29 is 31.9 Å². The zero-order valence-electron chi connectivity index (χ0n) is 14.1. The van der Waals surface area contributed by atoms with E-state index >= 15 is 0 Å². The molecule has 4 nitrogen and oxygen atoms in total. The summed E-state index contributed by atoms with van der Waals surface area (Å²) >= 11 is 0. The number of hydrogen-bond donors (Lipinski definition) is 0. The number of rotatable bonds is 0. The van der Waals surface area contributed by atoms with Crippen LogP contribution < -0.4 is 4.74 Å². The fraction of sp³-hybridized carbons (Fsp3) is 0.211. The summed E-state index contributed by atoms with van der Waals surface area (Å²) < 4.78 is 58.2. The minimum Gasteiger partial charge on any atom is -0.463 e. The minimum absolute atomic E-state index is 0.0388. The van der Waals surface area contributed by atoms with E-state index in [0.717, 1.165) is 18.2 Å². The molecule has 1 aromatic heterocycles. The normalized spacial score (nSPS) is 15.5. The Balaban J connectivity index is 2.04. The van der Waals surface area contributed by atoms with Crippen molar-refractivity contribution in [1.29, 1.82) is 0 Å². The maximum absolute atomic E-state index is 13.8. The Morgan fingerprint density at radius 3 is 2.44 bits per heavy atom. The molecule has 0 atom stereocenters. The Bertz CT molecular complexity index is 1030. The zero-order chi connectivity index (χ0) is 20.0. The van der Waals surface area contributed by atoms with Crippen LogP contribution in [0.15, 0.2) is 30.3 Å². The largest absolute Gasteiger partial charge is 0.463 e. The highest BCUT2D eigenvalue weighted by Gasteiger charge is 2.42. The summed E-state index contributed by atoms with van der Waals surface area (Å²) in [6.45, 7) is 2.79. The van der Waals surface area contributed by atoms with E-state index < -0.39 is 40.3 Å². The summed E-state index contributed by atoms with van der Waals surface area (Å²) in [5.41, 5.74) is -3.53. The lowest BCUT2D eigenvalue weighted by atomic mass is 9.93. The first kappa shape index (κ1) is 18.6. The fourth-order valence-corrected chi connectivity index (χ4v) is 2.46. The molecule has 3 rings (SSSR count). The van der Waals surface area contributed by atoms with Crippen LogP contribution in [0.3, 0.4) is 0 Å². The van der Waals surface area contributed by atoms with Crippen molar-refractivity contribution in [2.45, 2.75) is 25.6 Å². The second-order valence-corrected chi connectivity index (χ2v) is 6.23. The van der Waals surface area contributed by atoms with Gasteiger partial charge >= 0.3 is 6.18 Å². The smallest absolute Gasteiger partial charge is 0.417 e. The van der Waals surface area contributed by atoms with Gasteiger partial charge in [0, 0.05) is 0 Å². The van der Waals surface area contributed by atoms with E-state index in [1.807, 2.05) is 0 Å². The highest BCUT2D eigenvalue weighted by Crippen LogP contribution is 2.33. The van der Waals surface area contributed by atoms with Gasteiger partial charge < -0.3 is 4.74 Å². The molecule has 0 spiro atoms. The maximum atomic E-state index is 13.8. The Kier molecular flexibility index (Phi) is 4.26. The highest BCUT2D eigenvalue weighted by molar-refractivity contribution is 6.47. The maximum Gasteiger partial charge on any atom is 0.417 e. The monoisotopic (exact) mass is 377 g/mol. The number of ether oxygens (including phenoxy) is 1. The number of carbonyl (C=O) groups excluding carboxylic acids is 2. The molecule has 0 saturated carbocycles. The number of Topliss-reactive ketones (excluding diaryl/α,β-unsaturated/α-hetero) is 2. The number of pyridine rings is 1. The van der Waals surface area contributed by atoms with Crippen molar-refractivity contribution in [1.82, 2.24) is 4.98 Å². The van der Waals surface area contributed by atoms with Gasteiger partial charge in [0.15, 0.2) is 5.60 Å². The first-order valence-corrected chi connectivity index (χ1v) is 7.67. The van der Waals surface area contributed by atoms with Crippen molar-refractivity contribution >= 4 is 11.6 Å². The van der Waals surface area contributed by atoms with Gasteiger partial charge in [-0.3, -0.25) is 9.59 Å². The number of ketones is 2. The average Bonchev–Trinajstić information content (AvgIpc) is 2.57. The number of alkyl halides is 3. The molecule has 8 heteroatoms. The van der Waals surface area contributed by atoms with Crippen molar-refractivity contribution in [3.63, 3.8) is 0 Å². The Morgan fingerprint density at radius 2 is 1.78 bits per heavy atom. The molecular weight excluding hydrogens is 366 g/mol. The molecule has 0 radical (unpaired) electrons. The molecule has 0 fully saturated rings. The third-order valence-corrected chi connectivity index (χ3v) is 3.84. The quantitative estimate of drug-likeness (QED) is 0.400. The zero-order valence-corrected chi connectivity index (χ0v) is 14.1. The van der Waals surface area contributed by atoms with Crippen molar-refractivity contribution in [2.24, 2.45) is 0 Å². The fourth-order valence-electron chi connectivity index (χ4n) is 2.46. The molecule has 27 heavy (non-hydrogen) atoms. The molecule has 2 heterocycles. The predicted molar refractivity (Wildman–Crippen MR) is 85.7 cm³/mol. The van der Waals surface area contributed by atoms with E-state index in [1.54, 1.807) is 0 Å². The van der Waals surface area contributed by atoms with E-state index in [9.17, 15) is 27.2 Å². The first-order valence-electron chi connectivity index (χ1n) is 7.67.